The molecule has 0 saturated carbocycles. The van der Waals surface area contributed by atoms with Crippen LogP contribution >= 0.6 is 11.8 Å². The topological polar surface area (TPSA) is 32.3 Å². The van der Waals surface area contributed by atoms with E-state index < -0.39 is 0 Å². The molecule has 2 aliphatic rings. The van der Waals surface area contributed by atoms with Crippen LogP contribution in [0, 0.1) is 0 Å². The van der Waals surface area contributed by atoms with Crippen LogP contribution in [0.1, 0.15) is 52.9 Å². The maximum atomic E-state index is 12.4. The summed E-state index contributed by atoms with van der Waals surface area (Å²) >= 11 is 2.03. The lowest BCUT2D eigenvalue weighted by molar-refractivity contribution is -0.130. The molecule has 3 nitrogen and oxygen atoms in total. The van der Waals surface area contributed by atoms with E-state index >= 15 is 0 Å². The Balaban J connectivity index is 1.94. The molecular weight excluding hydrogens is 244 g/mol. The maximum absolute atomic E-state index is 12.4. The Morgan fingerprint density at radius 1 is 1.56 bits per heavy atom. The molecule has 2 fully saturated rings. The number of amides is 1. The van der Waals surface area contributed by atoms with E-state index in [9.17, 15) is 4.79 Å². The summed E-state index contributed by atoms with van der Waals surface area (Å²) in [5.41, 5.74) is 0. The van der Waals surface area contributed by atoms with Crippen LogP contribution in [0.4, 0.5) is 0 Å². The minimum absolute atomic E-state index is 0.0648. The molecule has 0 aromatic carbocycles. The van der Waals surface area contributed by atoms with Crippen LogP contribution in [0.25, 0.3) is 0 Å². The number of carbonyl (C=O) groups is 1. The van der Waals surface area contributed by atoms with Crippen molar-refractivity contribution in [3.63, 3.8) is 0 Å². The molecule has 0 aliphatic carbocycles. The summed E-state index contributed by atoms with van der Waals surface area (Å²) in [6.07, 6.45) is 6.03. The number of nitrogens with one attached hydrogen (secondary N) is 1. The highest BCUT2D eigenvalue weighted by molar-refractivity contribution is 8.00. The molecule has 1 N–H and O–H groups in total. The predicted molar refractivity (Wildman–Crippen MR) is 77.7 cm³/mol. The summed E-state index contributed by atoms with van der Waals surface area (Å²) in [5, 5.41) is 3.45. The standard InChI is InChI=1S/C14H26N2OS/c1-4-5-7-12-13(17)16(11(2)15-12)10-14(3)8-6-9-18-14/h11-12,15H,4-10H2,1-3H3. The largest absolute Gasteiger partial charge is 0.325 e. The summed E-state index contributed by atoms with van der Waals surface area (Å²) in [4.78, 5) is 14.5. The number of carbonyl (C=O) groups excluding carboxylic acids is 1. The molecule has 3 atom stereocenters. The Morgan fingerprint density at radius 2 is 2.33 bits per heavy atom. The van der Waals surface area contributed by atoms with Crippen molar-refractivity contribution in [3.05, 3.63) is 0 Å². The highest BCUT2D eigenvalue weighted by Gasteiger charge is 2.41. The third kappa shape index (κ3) is 3.02. The molecule has 3 unspecified atom stereocenters. The summed E-state index contributed by atoms with van der Waals surface area (Å²) in [6, 6.07) is 0.0648. The number of hydrogen-bond donors (Lipinski definition) is 1. The molecule has 4 heteroatoms. The highest BCUT2D eigenvalue weighted by atomic mass is 32.2. The third-order valence-electron chi connectivity index (χ3n) is 4.14. The fraction of sp³-hybridized carbons (Fsp3) is 0.929. The van der Waals surface area contributed by atoms with Crippen molar-refractivity contribution in [1.82, 2.24) is 10.2 Å². The smallest absolute Gasteiger partial charge is 0.241 e. The fourth-order valence-corrected chi connectivity index (χ4v) is 4.30. The molecule has 0 aromatic rings. The Morgan fingerprint density at radius 3 is 2.94 bits per heavy atom. The maximum Gasteiger partial charge on any atom is 0.241 e. The first-order valence-corrected chi connectivity index (χ1v) is 8.25. The van der Waals surface area contributed by atoms with Gasteiger partial charge in [-0.15, -0.1) is 0 Å². The first kappa shape index (κ1) is 14.2. The lowest BCUT2D eigenvalue weighted by atomic mass is 10.0. The van der Waals surface area contributed by atoms with E-state index in [0.717, 1.165) is 25.8 Å². The molecule has 0 bridgehead atoms. The summed E-state index contributed by atoms with van der Waals surface area (Å²) < 4.78 is 0.283. The van der Waals surface area contributed by atoms with E-state index in [0.29, 0.717) is 5.91 Å². The van der Waals surface area contributed by atoms with Gasteiger partial charge in [0.1, 0.15) is 0 Å². The molecule has 1 amide bonds. The number of hydrogen-bond acceptors (Lipinski definition) is 3. The van der Waals surface area contributed by atoms with E-state index in [1.54, 1.807) is 0 Å². The van der Waals surface area contributed by atoms with Gasteiger partial charge in [-0.05, 0) is 38.9 Å². The summed E-state index contributed by atoms with van der Waals surface area (Å²) in [6.45, 7) is 7.51. The summed E-state index contributed by atoms with van der Waals surface area (Å²) in [7, 11) is 0. The van der Waals surface area contributed by atoms with E-state index in [1.165, 1.54) is 18.6 Å². The minimum Gasteiger partial charge on any atom is -0.325 e. The van der Waals surface area contributed by atoms with Crippen molar-refractivity contribution >= 4 is 17.7 Å². The van der Waals surface area contributed by atoms with Gasteiger partial charge in [-0.2, -0.15) is 11.8 Å². The van der Waals surface area contributed by atoms with Gasteiger partial charge < -0.3 is 4.90 Å². The predicted octanol–water partition coefficient (Wildman–Crippen LogP) is 2.61. The van der Waals surface area contributed by atoms with Crippen molar-refractivity contribution in [2.45, 2.75) is 69.8 Å². The number of rotatable bonds is 5. The van der Waals surface area contributed by atoms with Gasteiger partial charge in [-0.25, -0.2) is 0 Å². The van der Waals surface area contributed by atoms with Crippen LogP contribution in [0.2, 0.25) is 0 Å². The molecule has 2 heterocycles. The highest BCUT2D eigenvalue weighted by Crippen LogP contribution is 2.39. The van der Waals surface area contributed by atoms with E-state index in [4.69, 9.17) is 0 Å². The average Bonchev–Trinajstić information content (AvgIpc) is 2.87. The van der Waals surface area contributed by atoms with Crippen LogP contribution in [-0.2, 0) is 4.79 Å². The number of thioether (sulfide) groups is 1. The van der Waals surface area contributed by atoms with Gasteiger partial charge >= 0.3 is 0 Å². The van der Waals surface area contributed by atoms with Gasteiger partial charge in [0.25, 0.3) is 0 Å². The zero-order valence-electron chi connectivity index (χ0n) is 11.9. The van der Waals surface area contributed by atoms with Crippen molar-refractivity contribution in [2.75, 3.05) is 12.3 Å². The Bertz CT molecular complexity index is 302. The van der Waals surface area contributed by atoms with Crippen molar-refractivity contribution in [3.8, 4) is 0 Å². The van der Waals surface area contributed by atoms with Crippen LogP contribution in [-0.4, -0.2) is 40.1 Å². The van der Waals surface area contributed by atoms with Gasteiger partial charge in [0.05, 0.1) is 12.2 Å². The van der Waals surface area contributed by atoms with E-state index in [2.05, 4.69) is 31.0 Å². The first-order chi connectivity index (χ1) is 8.56. The second-order valence-electron chi connectivity index (χ2n) is 5.91. The number of unbranched alkanes of at least 4 members (excludes halogenated alkanes) is 1. The number of nitrogens with zero attached hydrogens (tertiary/aromatic N) is 1. The second-order valence-corrected chi connectivity index (χ2v) is 7.59. The van der Waals surface area contributed by atoms with Gasteiger partial charge in [-0.1, -0.05) is 19.8 Å². The molecule has 0 aromatic heterocycles. The van der Waals surface area contributed by atoms with Crippen LogP contribution in [0.3, 0.4) is 0 Å². The van der Waals surface area contributed by atoms with E-state index in [1.807, 2.05) is 11.8 Å². The first-order valence-electron chi connectivity index (χ1n) is 7.26. The lowest BCUT2D eigenvalue weighted by Gasteiger charge is -2.31. The third-order valence-corrected chi connectivity index (χ3v) is 5.67. The quantitative estimate of drug-likeness (QED) is 0.833. The Kier molecular flexibility index (Phi) is 4.59. The van der Waals surface area contributed by atoms with E-state index in [-0.39, 0.29) is 17.0 Å². The van der Waals surface area contributed by atoms with Gasteiger partial charge in [0.15, 0.2) is 0 Å². The molecule has 0 radical (unpaired) electrons. The van der Waals surface area contributed by atoms with Crippen molar-refractivity contribution in [1.29, 1.82) is 0 Å². The van der Waals surface area contributed by atoms with Gasteiger partial charge in [0.2, 0.25) is 5.91 Å². The average molecular weight is 270 g/mol. The zero-order chi connectivity index (χ0) is 13.2. The normalized spacial score (nSPS) is 36.6. The van der Waals surface area contributed by atoms with Gasteiger partial charge in [0, 0.05) is 11.3 Å². The Hall–Kier alpha value is -0.220. The van der Waals surface area contributed by atoms with Crippen LogP contribution < -0.4 is 5.32 Å². The van der Waals surface area contributed by atoms with Crippen LogP contribution in [0.15, 0.2) is 0 Å². The molecule has 2 saturated heterocycles. The minimum atomic E-state index is 0.0648. The molecule has 18 heavy (non-hydrogen) atoms. The summed E-state index contributed by atoms with van der Waals surface area (Å²) in [5.74, 6) is 1.57. The van der Waals surface area contributed by atoms with Crippen molar-refractivity contribution in [2.24, 2.45) is 0 Å². The molecule has 2 aliphatic heterocycles. The van der Waals surface area contributed by atoms with Crippen molar-refractivity contribution < 1.29 is 4.79 Å². The second kappa shape index (κ2) is 5.83. The van der Waals surface area contributed by atoms with Gasteiger partial charge in [-0.3, -0.25) is 10.1 Å². The molecule has 2 rings (SSSR count). The SMILES string of the molecule is CCCCC1NC(C)N(CC2(C)CCCS2)C1=O. The lowest BCUT2D eigenvalue weighted by Crippen LogP contribution is -2.43. The monoisotopic (exact) mass is 270 g/mol. The fourth-order valence-electron chi connectivity index (χ4n) is 3.00. The molecular formula is C14H26N2OS. The Labute approximate surface area is 115 Å². The zero-order valence-corrected chi connectivity index (χ0v) is 12.7. The molecule has 0 spiro atoms. The van der Waals surface area contributed by atoms with Crippen LogP contribution in [0.5, 0.6) is 0 Å². The molecule has 104 valence electrons.